The zero-order valence-electron chi connectivity index (χ0n) is 33.0. The third-order valence-corrected chi connectivity index (χ3v) is 16.6. The number of aliphatic hydroxyl groups excluding tert-OH is 2. The molecule has 4 N–H and O–H groups in total. The molecule has 3 heterocycles. The third-order valence-electron chi connectivity index (χ3n) is 16.4. The van der Waals surface area contributed by atoms with Crippen LogP contribution in [0.2, 0.25) is 5.02 Å². The molecule has 0 radical (unpaired) electrons. The molecule has 1 aromatic carbocycles. The minimum absolute atomic E-state index is 0.274. The van der Waals surface area contributed by atoms with Crippen molar-refractivity contribution in [3.05, 3.63) is 34.9 Å². The molecule has 15 nitrogen and oxygen atoms in total. The molecule has 0 bridgehead atoms. The monoisotopic (exact) mass is 815 g/mol. The SMILES string of the molecule is CC(=O)O[C@H]1[C@H]2[C@@H]([C@@H](O)[C@@H](NC(=O)c3ccc(Cl)cc3)[C@H]3C[C@@H]4O[C@@H]4[C@H](OC(C)=O)[C@]23C)[C@@H]2[C@@H](O)[C@@H]3[C@H]([C@H](C)[C@H]4O[C@]45OC(=O)[C@@](C)(O)[C@]35C)[C@@]2(C)[C@H]1OC(C)=O. The Bertz CT molecular complexity index is 1960. The Morgan fingerprint density at radius 2 is 1.46 bits per heavy atom. The van der Waals surface area contributed by atoms with Gasteiger partial charge in [-0.3, -0.25) is 19.2 Å². The minimum Gasteiger partial charge on any atom is -0.459 e. The van der Waals surface area contributed by atoms with Gasteiger partial charge < -0.3 is 49.1 Å². The molecular weight excluding hydrogens is 766 g/mol. The average Bonchev–Trinajstić information content (AvgIpc) is 4.03. The Labute approximate surface area is 334 Å². The topological polar surface area (TPSA) is 220 Å². The molecule has 9 rings (SSSR count). The first-order valence-electron chi connectivity index (χ1n) is 19.8. The normalized spacial score (nSPS) is 53.2. The quantitative estimate of drug-likeness (QED) is 0.190. The predicted octanol–water partition coefficient (Wildman–Crippen LogP) is 1.94. The lowest BCUT2D eigenvalue weighted by atomic mass is 9.40. The van der Waals surface area contributed by atoms with Gasteiger partial charge in [0.2, 0.25) is 5.79 Å². The largest absolute Gasteiger partial charge is 0.459 e. The van der Waals surface area contributed by atoms with E-state index in [1.165, 1.54) is 27.7 Å². The van der Waals surface area contributed by atoms with Crippen LogP contribution < -0.4 is 5.32 Å². The number of benzene rings is 1. The molecule has 5 saturated carbocycles. The van der Waals surface area contributed by atoms with E-state index in [-0.39, 0.29) is 11.7 Å². The number of hydrogen-bond donors (Lipinski definition) is 4. The van der Waals surface area contributed by atoms with Crippen molar-refractivity contribution in [1.29, 1.82) is 0 Å². The number of epoxide rings is 2. The number of amides is 1. The lowest BCUT2D eigenvalue weighted by Gasteiger charge is -2.67. The molecule has 0 unspecified atom stereocenters. The van der Waals surface area contributed by atoms with Crippen LogP contribution in [0.4, 0.5) is 0 Å². The van der Waals surface area contributed by atoms with Crippen molar-refractivity contribution in [3.8, 4) is 0 Å². The van der Waals surface area contributed by atoms with Crippen LogP contribution in [0.1, 0.15) is 72.2 Å². The molecule has 1 amide bonds. The zero-order valence-corrected chi connectivity index (χ0v) is 33.7. The van der Waals surface area contributed by atoms with Gasteiger partial charge in [0.15, 0.2) is 5.60 Å². The second-order valence-electron chi connectivity index (χ2n) is 18.7. The Morgan fingerprint density at radius 3 is 2.07 bits per heavy atom. The number of ether oxygens (including phenoxy) is 6. The summed E-state index contributed by atoms with van der Waals surface area (Å²) in [5, 5.41) is 41.8. The Morgan fingerprint density at radius 1 is 0.842 bits per heavy atom. The second-order valence-corrected chi connectivity index (χ2v) is 19.2. The third kappa shape index (κ3) is 4.75. The molecular formula is C41H50ClNO14. The van der Waals surface area contributed by atoms with Gasteiger partial charge in [0, 0.05) is 59.9 Å². The first-order chi connectivity index (χ1) is 26.6. The number of nitrogens with one attached hydrogen (secondary N) is 1. The summed E-state index contributed by atoms with van der Waals surface area (Å²) in [6.07, 6.45) is -7.67. The van der Waals surface area contributed by atoms with Crippen LogP contribution in [0, 0.1) is 57.7 Å². The van der Waals surface area contributed by atoms with Gasteiger partial charge in [-0.05, 0) is 68.2 Å². The molecule has 8 fully saturated rings. The first kappa shape index (κ1) is 39.1. The maximum Gasteiger partial charge on any atom is 0.341 e. The number of carbonyl (C=O) groups excluding carboxylic acids is 5. The average molecular weight is 816 g/mol. The van der Waals surface area contributed by atoms with Crippen molar-refractivity contribution >= 4 is 41.4 Å². The van der Waals surface area contributed by atoms with E-state index in [1.807, 2.05) is 20.8 Å². The van der Waals surface area contributed by atoms with Gasteiger partial charge in [-0.25, -0.2) is 4.79 Å². The summed E-state index contributed by atoms with van der Waals surface area (Å²) < 4.78 is 37.0. The van der Waals surface area contributed by atoms with E-state index in [0.717, 1.165) is 0 Å². The molecule has 3 aliphatic heterocycles. The molecule has 21 atom stereocenters. The Hall–Kier alpha value is -3.34. The molecule has 57 heavy (non-hydrogen) atoms. The van der Waals surface area contributed by atoms with Crippen LogP contribution in [0.15, 0.2) is 24.3 Å². The van der Waals surface area contributed by atoms with Crippen LogP contribution in [0.5, 0.6) is 0 Å². The molecule has 1 aromatic rings. The maximum absolute atomic E-state index is 14.1. The molecule has 1 spiro atoms. The lowest BCUT2D eigenvalue weighted by Crippen LogP contribution is -2.77. The first-order valence-corrected chi connectivity index (χ1v) is 20.2. The van der Waals surface area contributed by atoms with E-state index in [0.29, 0.717) is 11.4 Å². The van der Waals surface area contributed by atoms with Crippen molar-refractivity contribution in [2.45, 2.75) is 128 Å². The van der Waals surface area contributed by atoms with Crippen molar-refractivity contribution < 1.29 is 67.7 Å². The Balaban J connectivity index is 1.28. The summed E-state index contributed by atoms with van der Waals surface area (Å²) in [6.45, 7) is 12.3. The number of rotatable bonds is 5. The smallest absolute Gasteiger partial charge is 0.341 e. The number of hydrogen-bond acceptors (Lipinski definition) is 14. The van der Waals surface area contributed by atoms with E-state index < -0.39 is 148 Å². The fourth-order valence-corrected chi connectivity index (χ4v) is 14.3. The summed E-state index contributed by atoms with van der Waals surface area (Å²) in [5.41, 5.74) is -5.99. The number of aliphatic hydroxyl groups is 3. The van der Waals surface area contributed by atoms with E-state index in [1.54, 1.807) is 31.2 Å². The van der Waals surface area contributed by atoms with E-state index in [9.17, 15) is 39.3 Å². The van der Waals surface area contributed by atoms with E-state index in [4.69, 9.17) is 40.0 Å². The summed E-state index contributed by atoms with van der Waals surface area (Å²) in [5.74, 6) is -10.7. The fraction of sp³-hybridized carbons (Fsp3) is 0.732. The predicted molar refractivity (Wildman–Crippen MR) is 193 cm³/mol. The Kier molecular flexibility index (Phi) is 8.33. The van der Waals surface area contributed by atoms with Crippen molar-refractivity contribution in [1.82, 2.24) is 5.32 Å². The lowest BCUT2D eigenvalue weighted by molar-refractivity contribution is -0.286. The van der Waals surface area contributed by atoms with Gasteiger partial charge in [-0.1, -0.05) is 32.4 Å². The highest BCUT2D eigenvalue weighted by Crippen LogP contribution is 2.80. The van der Waals surface area contributed by atoms with Crippen LogP contribution in [0.3, 0.4) is 0 Å². The number of esters is 4. The van der Waals surface area contributed by atoms with Crippen LogP contribution >= 0.6 is 11.6 Å². The van der Waals surface area contributed by atoms with Crippen molar-refractivity contribution in [3.63, 3.8) is 0 Å². The van der Waals surface area contributed by atoms with Gasteiger partial charge in [-0.2, -0.15) is 0 Å². The molecule has 5 aliphatic carbocycles. The molecule has 0 aromatic heterocycles. The molecule has 8 aliphatic rings. The van der Waals surface area contributed by atoms with Gasteiger partial charge in [0.1, 0.15) is 30.5 Å². The van der Waals surface area contributed by atoms with Gasteiger partial charge in [0.25, 0.3) is 5.91 Å². The van der Waals surface area contributed by atoms with Crippen molar-refractivity contribution in [2.75, 3.05) is 0 Å². The molecule has 16 heteroatoms. The molecule has 310 valence electrons. The van der Waals surface area contributed by atoms with Crippen LogP contribution in [-0.4, -0.2) is 111 Å². The number of carbonyl (C=O) groups is 5. The summed E-state index contributed by atoms with van der Waals surface area (Å²) in [4.78, 5) is 67.2. The number of fused-ring (bicyclic) bond motifs is 9. The summed E-state index contributed by atoms with van der Waals surface area (Å²) >= 11 is 6.14. The van der Waals surface area contributed by atoms with E-state index in [2.05, 4.69) is 5.32 Å². The van der Waals surface area contributed by atoms with Crippen molar-refractivity contribution in [2.24, 2.45) is 57.7 Å². The molecule has 3 saturated heterocycles. The highest BCUT2D eigenvalue weighted by atomic mass is 35.5. The maximum atomic E-state index is 14.1. The fourth-order valence-electron chi connectivity index (χ4n) is 14.2. The minimum atomic E-state index is -2.14. The summed E-state index contributed by atoms with van der Waals surface area (Å²) in [6, 6.07) is 5.24. The van der Waals surface area contributed by atoms with E-state index >= 15 is 0 Å². The highest BCUT2D eigenvalue weighted by Gasteiger charge is 2.93. The second kappa shape index (κ2) is 12.1. The highest BCUT2D eigenvalue weighted by molar-refractivity contribution is 6.30. The standard InChI is InChI=1S/C41H50ClNO14/c1-14-23-26(39(7)40(8,51)36(50)57-41(39)32(14)56-41)29(48)24-22-25(31(52-15(2)44)34(38(23,24)6)54-17(4)46)37(5)20(13-21-30(55-21)33(37)53-16(3)45)27(28(22)47)43-35(49)18-9-11-19(42)12-10-18/h9-12,14,20-34,47-48,51H,13H2,1-8H3,(H,43,49)/t14-,20+,21-,22-,23-,24+,25+,26-,27-,28+,29+,30-,31-,32+,33-,34-,37-,38+,39-,40+,41-/m0/s1. The summed E-state index contributed by atoms with van der Waals surface area (Å²) in [7, 11) is 0. The zero-order chi connectivity index (χ0) is 41.3. The van der Waals surface area contributed by atoms with Gasteiger partial charge in [0.05, 0.1) is 29.8 Å². The van der Waals surface area contributed by atoms with Crippen LogP contribution in [0.25, 0.3) is 0 Å². The van der Waals surface area contributed by atoms with Gasteiger partial charge >= 0.3 is 23.9 Å². The van der Waals surface area contributed by atoms with Crippen LogP contribution in [-0.2, 0) is 47.6 Å². The number of halogens is 1. The van der Waals surface area contributed by atoms with Gasteiger partial charge in [-0.15, -0.1) is 0 Å².